The summed E-state index contributed by atoms with van der Waals surface area (Å²) in [6, 6.07) is 0. The zero-order valence-corrected chi connectivity index (χ0v) is 7.23. The Morgan fingerprint density at radius 1 is 1.67 bits per heavy atom. The molecule has 1 rings (SSSR count). The summed E-state index contributed by atoms with van der Waals surface area (Å²) in [6.45, 7) is 2.78. The number of anilines is 1. The van der Waals surface area contributed by atoms with Crippen LogP contribution in [-0.4, -0.2) is 38.5 Å². The van der Waals surface area contributed by atoms with Crippen LogP contribution < -0.4 is 5.32 Å². The standard InChI is InChI=1S/C6H13N5O/c1-5(4-12)3-7-6-8-9-10-11(6)2/h5,12H,3-4H2,1-2H3,(H,7,8,10). The second-order valence-electron chi connectivity index (χ2n) is 2.79. The number of hydrogen-bond donors (Lipinski definition) is 2. The molecule has 0 bridgehead atoms. The molecular formula is C6H13N5O. The van der Waals surface area contributed by atoms with Crippen molar-refractivity contribution in [2.24, 2.45) is 13.0 Å². The first-order valence-corrected chi connectivity index (χ1v) is 3.81. The van der Waals surface area contributed by atoms with Gasteiger partial charge in [-0.05, 0) is 16.3 Å². The summed E-state index contributed by atoms with van der Waals surface area (Å²) in [5, 5.41) is 22.6. The minimum absolute atomic E-state index is 0.165. The molecule has 0 radical (unpaired) electrons. The van der Waals surface area contributed by atoms with Crippen LogP contribution in [0.2, 0.25) is 0 Å². The van der Waals surface area contributed by atoms with Crippen LogP contribution >= 0.6 is 0 Å². The molecule has 1 heterocycles. The van der Waals surface area contributed by atoms with Crippen LogP contribution in [-0.2, 0) is 7.05 Å². The van der Waals surface area contributed by atoms with E-state index in [-0.39, 0.29) is 12.5 Å². The van der Waals surface area contributed by atoms with Crippen molar-refractivity contribution in [1.29, 1.82) is 0 Å². The number of hydrogen-bond acceptors (Lipinski definition) is 5. The molecule has 1 unspecified atom stereocenters. The van der Waals surface area contributed by atoms with Crippen LogP contribution in [0.5, 0.6) is 0 Å². The summed E-state index contributed by atoms with van der Waals surface area (Å²) in [5.74, 6) is 0.831. The molecule has 6 heteroatoms. The fourth-order valence-corrected chi connectivity index (χ4v) is 0.709. The van der Waals surface area contributed by atoms with Gasteiger partial charge in [-0.1, -0.05) is 12.0 Å². The lowest BCUT2D eigenvalue weighted by Gasteiger charge is -2.08. The third-order valence-corrected chi connectivity index (χ3v) is 1.54. The summed E-state index contributed by atoms with van der Waals surface area (Å²) in [5.41, 5.74) is 0. The first-order valence-electron chi connectivity index (χ1n) is 3.81. The van der Waals surface area contributed by atoms with Crippen molar-refractivity contribution in [3.63, 3.8) is 0 Å². The number of aryl methyl sites for hydroxylation is 1. The second-order valence-corrected chi connectivity index (χ2v) is 2.79. The molecule has 0 spiro atoms. The molecule has 0 aromatic carbocycles. The van der Waals surface area contributed by atoms with Crippen LogP contribution in [0, 0.1) is 5.92 Å². The Bertz CT molecular complexity index is 236. The van der Waals surface area contributed by atoms with E-state index in [1.54, 1.807) is 11.7 Å². The molecule has 0 saturated carbocycles. The van der Waals surface area contributed by atoms with E-state index in [2.05, 4.69) is 20.8 Å². The fraction of sp³-hybridized carbons (Fsp3) is 0.833. The summed E-state index contributed by atoms with van der Waals surface area (Å²) >= 11 is 0. The molecule has 0 saturated heterocycles. The first kappa shape index (κ1) is 8.92. The number of aliphatic hydroxyl groups is 1. The Labute approximate surface area is 70.6 Å². The third-order valence-electron chi connectivity index (χ3n) is 1.54. The van der Waals surface area contributed by atoms with E-state index in [1.807, 2.05) is 6.92 Å². The number of nitrogens with zero attached hydrogens (tertiary/aromatic N) is 4. The van der Waals surface area contributed by atoms with E-state index in [4.69, 9.17) is 5.11 Å². The Morgan fingerprint density at radius 2 is 2.42 bits per heavy atom. The van der Waals surface area contributed by atoms with Gasteiger partial charge in [0.2, 0.25) is 5.95 Å². The molecule has 6 nitrogen and oxygen atoms in total. The molecule has 2 N–H and O–H groups in total. The molecule has 1 aromatic heterocycles. The summed E-state index contributed by atoms with van der Waals surface area (Å²) in [6.07, 6.45) is 0. The lowest BCUT2D eigenvalue weighted by atomic mass is 10.2. The van der Waals surface area contributed by atoms with Gasteiger partial charge >= 0.3 is 0 Å². The number of aromatic nitrogens is 4. The average molecular weight is 171 g/mol. The van der Waals surface area contributed by atoms with Crippen molar-refractivity contribution in [3.8, 4) is 0 Å². The topological polar surface area (TPSA) is 75.9 Å². The molecule has 12 heavy (non-hydrogen) atoms. The molecule has 0 aliphatic carbocycles. The number of rotatable bonds is 4. The number of aliphatic hydroxyl groups excluding tert-OH is 1. The first-order chi connectivity index (χ1) is 5.74. The van der Waals surface area contributed by atoms with Gasteiger partial charge in [0.15, 0.2) is 0 Å². The van der Waals surface area contributed by atoms with Gasteiger partial charge in [0.05, 0.1) is 0 Å². The van der Waals surface area contributed by atoms with Gasteiger partial charge in [-0.2, -0.15) is 0 Å². The molecule has 0 aliphatic heterocycles. The highest BCUT2D eigenvalue weighted by atomic mass is 16.3. The van der Waals surface area contributed by atoms with Gasteiger partial charge in [-0.25, -0.2) is 4.68 Å². The monoisotopic (exact) mass is 171 g/mol. The SMILES string of the molecule is CC(CO)CNc1nnnn1C. The van der Waals surface area contributed by atoms with E-state index < -0.39 is 0 Å². The van der Waals surface area contributed by atoms with Crippen LogP contribution in [0.25, 0.3) is 0 Å². The largest absolute Gasteiger partial charge is 0.396 e. The highest BCUT2D eigenvalue weighted by Crippen LogP contribution is 1.98. The van der Waals surface area contributed by atoms with Gasteiger partial charge < -0.3 is 10.4 Å². The van der Waals surface area contributed by atoms with Crippen LogP contribution in [0.3, 0.4) is 0 Å². The van der Waals surface area contributed by atoms with E-state index in [1.165, 1.54) is 0 Å². The minimum Gasteiger partial charge on any atom is -0.396 e. The van der Waals surface area contributed by atoms with Crippen LogP contribution in [0.4, 0.5) is 5.95 Å². The van der Waals surface area contributed by atoms with Crippen LogP contribution in [0.1, 0.15) is 6.92 Å². The summed E-state index contributed by atoms with van der Waals surface area (Å²) < 4.78 is 1.55. The molecular weight excluding hydrogens is 158 g/mol. The van der Waals surface area contributed by atoms with Crippen molar-refractivity contribution in [1.82, 2.24) is 20.2 Å². The van der Waals surface area contributed by atoms with Crippen molar-refractivity contribution < 1.29 is 5.11 Å². The summed E-state index contributed by atoms with van der Waals surface area (Å²) in [7, 11) is 1.76. The normalized spacial score (nSPS) is 12.9. The quantitative estimate of drug-likeness (QED) is 0.623. The maximum absolute atomic E-state index is 8.73. The maximum Gasteiger partial charge on any atom is 0.242 e. The predicted molar refractivity (Wildman–Crippen MR) is 43.5 cm³/mol. The summed E-state index contributed by atoms with van der Waals surface area (Å²) in [4.78, 5) is 0. The third kappa shape index (κ3) is 2.16. The Kier molecular flexibility index (Phi) is 2.98. The lowest BCUT2D eigenvalue weighted by molar-refractivity contribution is 0.244. The minimum atomic E-state index is 0.165. The van der Waals surface area contributed by atoms with E-state index in [0.29, 0.717) is 12.5 Å². The second kappa shape index (κ2) is 4.01. The lowest BCUT2D eigenvalue weighted by Crippen LogP contribution is -2.16. The zero-order valence-electron chi connectivity index (χ0n) is 7.23. The van der Waals surface area contributed by atoms with Crippen molar-refractivity contribution >= 4 is 5.95 Å². The molecule has 0 amide bonds. The zero-order chi connectivity index (χ0) is 8.97. The molecule has 1 atom stereocenters. The highest BCUT2D eigenvalue weighted by molar-refractivity contribution is 5.20. The molecule has 1 aromatic rings. The van der Waals surface area contributed by atoms with Crippen molar-refractivity contribution in [2.45, 2.75) is 6.92 Å². The van der Waals surface area contributed by atoms with Gasteiger partial charge in [-0.3, -0.25) is 0 Å². The van der Waals surface area contributed by atoms with Crippen molar-refractivity contribution in [2.75, 3.05) is 18.5 Å². The Hall–Kier alpha value is -1.17. The van der Waals surface area contributed by atoms with Gasteiger partial charge in [-0.15, -0.1) is 0 Å². The smallest absolute Gasteiger partial charge is 0.242 e. The van der Waals surface area contributed by atoms with E-state index in [0.717, 1.165) is 0 Å². The fourth-order valence-electron chi connectivity index (χ4n) is 0.709. The van der Waals surface area contributed by atoms with E-state index in [9.17, 15) is 0 Å². The Balaban J connectivity index is 2.38. The Morgan fingerprint density at radius 3 is 2.92 bits per heavy atom. The molecule has 68 valence electrons. The van der Waals surface area contributed by atoms with Gasteiger partial charge in [0.25, 0.3) is 0 Å². The highest BCUT2D eigenvalue weighted by Gasteiger charge is 2.03. The molecule has 0 fully saturated rings. The maximum atomic E-state index is 8.73. The molecule has 0 aliphatic rings. The van der Waals surface area contributed by atoms with Gasteiger partial charge in [0.1, 0.15) is 0 Å². The van der Waals surface area contributed by atoms with Crippen LogP contribution in [0.15, 0.2) is 0 Å². The van der Waals surface area contributed by atoms with Crippen molar-refractivity contribution in [3.05, 3.63) is 0 Å². The van der Waals surface area contributed by atoms with Gasteiger partial charge in [0, 0.05) is 20.2 Å². The average Bonchev–Trinajstić information content (AvgIpc) is 2.47. The number of nitrogens with one attached hydrogen (secondary N) is 1. The van der Waals surface area contributed by atoms with E-state index >= 15 is 0 Å². The number of tetrazole rings is 1. The predicted octanol–water partition coefficient (Wildman–Crippen LogP) is -0.750.